The summed E-state index contributed by atoms with van der Waals surface area (Å²) in [4.78, 5) is 14.1. The van der Waals surface area contributed by atoms with E-state index < -0.39 is 0 Å². The van der Waals surface area contributed by atoms with Gasteiger partial charge < -0.3 is 16.0 Å². The zero-order valence-corrected chi connectivity index (χ0v) is 12.8. The number of hydrogen-bond donors (Lipinski definition) is 2. The van der Waals surface area contributed by atoms with E-state index in [1.165, 1.54) is 0 Å². The lowest BCUT2D eigenvalue weighted by molar-refractivity contribution is -0.125. The van der Waals surface area contributed by atoms with Crippen molar-refractivity contribution in [3.63, 3.8) is 0 Å². The van der Waals surface area contributed by atoms with E-state index in [9.17, 15) is 4.79 Å². The van der Waals surface area contributed by atoms with Gasteiger partial charge in [0.2, 0.25) is 5.91 Å². The standard InChI is InChI=1S/C16H27N3O/c1-13(2)11-14(12-17)16(20)18-9-10-19(3)15-7-5-4-6-8-15/h4-8,13-14H,9-12,17H2,1-3H3,(H,18,20). The van der Waals surface area contributed by atoms with Crippen LogP contribution in [0.3, 0.4) is 0 Å². The molecule has 0 aliphatic rings. The second kappa shape index (κ2) is 8.59. The van der Waals surface area contributed by atoms with E-state index in [-0.39, 0.29) is 11.8 Å². The van der Waals surface area contributed by atoms with Crippen LogP contribution in [0.4, 0.5) is 5.69 Å². The van der Waals surface area contributed by atoms with Gasteiger partial charge in [0.15, 0.2) is 0 Å². The third kappa shape index (κ3) is 5.61. The molecule has 0 bridgehead atoms. The average Bonchev–Trinajstić information content (AvgIpc) is 2.45. The predicted octanol–water partition coefficient (Wildman–Crippen LogP) is 1.86. The highest BCUT2D eigenvalue weighted by Crippen LogP contribution is 2.11. The van der Waals surface area contributed by atoms with Gasteiger partial charge in [-0.25, -0.2) is 0 Å². The van der Waals surface area contributed by atoms with Crippen molar-refractivity contribution in [1.82, 2.24) is 5.32 Å². The Morgan fingerprint density at radius 3 is 2.50 bits per heavy atom. The van der Waals surface area contributed by atoms with Gasteiger partial charge in [-0.2, -0.15) is 0 Å². The summed E-state index contributed by atoms with van der Waals surface area (Å²) in [5.41, 5.74) is 6.83. The van der Waals surface area contributed by atoms with Crippen molar-refractivity contribution in [2.75, 3.05) is 31.6 Å². The van der Waals surface area contributed by atoms with Crippen molar-refractivity contribution in [1.29, 1.82) is 0 Å². The van der Waals surface area contributed by atoms with Crippen LogP contribution in [0.15, 0.2) is 30.3 Å². The van der Waals surface area contributed by atoms with Gasteiger partial charge in [0.1, 0.15) is 0 Å². The molecule has 4 nitrogen and oxygen atoms in total. The molecule has 20 heavy (non-hydrogen) atoms. The van der Waals surface area contributed by atoms with E-state index >= 15 is 0 Å². The molecule has 0 spiro atoms. The first-order chi connectivity index (χ1) is 9.54. The topological polar surface area (TPSA) is 58.4 Å². The van der Waals surface area contributed by atoms with Gasteiger partial charge in [-0.3, -0.25) is 4.79 Å². The minimum atomic E-state index is -0.0722. The lowest BCUT2D eigenvalue weighted by Gasteiger charge is -2.21. The molecule has 1 aromatic carbocycles. The minimum Gasteiger partial charge on any atom is -0.373 e. The van der Waals surface area contributed by atoms with Crippen LogP contribution in [-0.2, 0) is 4.79 Å². The predicted molar refractivity (Wildman–Crippen MR) is 84.7 cm³/mol. The summed E-state index contributed by atoms with van der Waals surface area (Å²) >= 11 is 0. The Morgan fingerprint density at radius 2 is 1.95 bits per heavy atom. The van der Waals surface area contributed by atoms with Crippen LogP contribution in [0.1, 0.15) is 20.3 Å². The number of carbonyl (C=O) groups excluding carboxylic acids is 1. The van der Waals surface area contributed by atoms with Crippen molar-refractivity contribution < 1.29 is 4.79 Å². The molecule has 0 heterocycles. The SMILES string of the molecule is CC(C)CC(CN)C(=O)NCCN(C)c1ccccc1. The Labute approximate surface area is 122 Å². The van der Waals surface area contributed by atoms with E-state index in [1.54, 1.807) is 0 Å². The van der Waals surface area contributed by atoms with Crippen LogP contribution >= 0.6 is 0 Å². The first-order valence-corrected chi connectivity index (χ1v) is 7.28. The molecule has 1 rings (SSSR count). The fourth-order valence-corrected chi connectivity index (χ4v) is 2.18. The van der Waals surface area contributed by atoms with E-state index in [0.29, 0.717) is 19.0 Å². The molecule has 1 amide bonds. The molecule has 0 aromatic heterocycles. The fraction of sp³-hybridized carbons (Fsp3) is 0.562. The molecule has 0 aliphatic carbocycles. The number of nitrogens with two attached hydrogens (primary N) is 1. The van der Waals surface area contributed by atoms with Crippen LogP contribution in [0.5, 0.6) is 0 Å². The molecule has 112 valence electrons. The zero-order valence-electron chi connectivity index (χ0n) is 12.8. The number of nitrogens with zero attached hydrogens (tertiary/aromatic N) is 1. The van der Waals surface area contributed by atoms with Crippen molar-refractivity contribution in [3.8, 4) is 0 Å². The first-order valence-electron chi connectivity index (χ1n) is 7.28. The lowest BCUT2D eigenvalue weighted by atomic mass is 9.96. The largest absolute Gasteiger partial charge is 0.373 e. The van der Waals surface area contributed by atoms with Crippen molar-refractivity contribution in [3.05, 3.63) is 30.3 Å². The number of anilines is 1. The van der Waals surface area contributed by atoms with Crippen LogP contribution in [0, 0.1) is 11.8 Å². The average molecular weight is 277 g/mol. The van der Waals surface area contributed by atoms with Gasteiger partial charge in [-0.15, -0.1) is 0 Å². The third-order valence-corrected chi connectivity index (χ3v) is 3.35. The van der Waals surface area contributed by atoms with Gasteiger partial charge in [-0.05, 0) is 24.5 Å². The maximum Gasteiger partial charge on any atom is 0.224 e. The summed E-state index contributed by atoms with van der Waals surface area (Å²) in [6.45, 7) is 6.06. The molecule has 0 aliphatic heterocycles. The Bertz CT molecular complexity index is 392. The van der Waals surface area contributed by atoms with Gasteiger partial charge in [0.05, 0.1) is 5.92 Å². The van der Waals surface area contributed by atoms with Crippen LogP contribution in [-0.4, -0.2) is 32.6 Å². The number of hydrogen-bond acceptors (Lipinski definition) is 3. The maximum atomic E-state index is 12.0. The summed E-state index contributed by atoms with van der Waals surface area (Å²) in [6.07, 6.45) is 0.844. The van der Waals surface area contributed by atoms with Gasteiger partial charge in [0.25, 0.3) is 0 Å². The van der Waals surface area contributed by atoms with Crippen LogP contribution in [0.25, 0.3) is 0 Å². The zero-order chi connectivity index (χ0) is 15.0. The maximum absolute atomic E-state index is 12.0. The van der Waals surface area contributed by atoms with E-state index in [0.717, 1.165) is 18.7 Å². The summed E-state index contributed by atoms with van der Waals surface area (Å²) in [5.74, 6) is 0.487. The second-order valence-electron chi connectivity index (χ2n) is 5.61. The monoisotopic (exact) mass is 277 g/mol. The molecular formula is C16H27N3O. The molecule has 3 N–H and O–H groups in total. The summed E-state index contributed by atoms with van der Waals surface area (Å²) in [6, 6.07) is 10.1. The van der Waals surface area contributed by atoms with Crippen LogP contribution < -0.4 is 16.0 Å². The number of para-hydroxylation sites is 1. The Hall–Kier alpha value is -1.55. The number of likely N-dealkylation sites (N-methyl/N-ethyl adjacent to an activating group) is 1. The number of rotatable bonds is 8. The lowest BCUT2D eigenvalue weighted by Crippen LogP contribution is -2.39. The van der Waals surface area contributed by atoms with Gasteiger partial charge in [-0.1, -0.05) is 32.0 Å². The minimum absolute atomic E-state index is 0.0719. The third-order valence-electron chi connectivity index (χ3n) is 3.35. The molecule has 0 fully saturated rings. The Balaban J connectivity index is 2.34. The molecule has 0 saturated carbocycles. The van der Waals surface area contributed by atoms with Gasteiger partial charge >= 0.3 is 0 Å². The smallest absolute Gasteiger partial charge is 0.224 e. The van der Waals surface area contributed by atoms with Crippen molar-refractivity contribution >= 4 is 11.6 Å². The number of carbonyl (C=O) groups is 1. The van der Waals surface area contributed by atoms with Crippen molar-refractivity contribution in [2.45, 2.75) is 20.3 Å². The molecule has 4 heteroatoms. The Morgan fingerprint density at radius 1 is 1.30 bits per heavy atom. The van der Waals surface area contributed by atoms with Crippen LogP contribution in [0.2, 0.25) is 0 Å². The molecule has 0 saturated heterocycles. The second-order valence-corrected chi connectivity index (χ2v) is 5.61. The van der Waals surface area contributed by atoms with Crippen molar-refractivity contribution in [2.24, 2.45) is 17.6 Å². The number of nitrogens with one attached hydrogen (secondary N) is 1. The highest BCUT2D eigenvalue weighted by Gasteiger charge is 2.17. The highest BCUT2D eigenvalue weighted by molar-refractivity contribution is 5.78. The summed E-state index contributed by atoms with van der Waals surface area (Å²) in [7, 11) is 2.02. The summed E-state index contributed by atoms with van der Waals surface area (Å²) < 4.78 is 0. The number of amides is 1. The molecular weight excluding hydrogens is 250 g/mol. The van der Waals surface area contributed by atoms with E-state index in [1.807, 2.05) is 25.2 Å². The van der Waals surface area contributed by atoms with Gasteiger partial charge in [0, 0.05) is 32.4 Å². The number of benzene rings is 1. The molecule has 1 aromatic rings. The van der Waals surface area contributed by atoms with E-state index in [2.05, 4.69) is 36.2 Å². The highest BCUT2D eigenvalue weighted by atomic mass is 16.1. The molecule has 0 radical (unpaired) electrons. The molecule has 1 unspecified atom stereocenters. The fourth-order valence-electron chi connectivity index (χ4n) is 2.18. The normalized spacial score (nSPS) is 12.2. The molecule has 1 atom stereocenters. The first kappa shape index (κ1) is 16.5. The van der Waals surface area contributed by atoms with E-state index in [4.69, 9.17) is 5.73 Å². The Kier molecular flexibility index (Phi) is 7.09. The quantitative estimate of drug-likeness (QED) is 0.762. The summed E-state index contributed by atoms with van der Waals surface area (Å²) in [5, 5.41) is 2.98.